The Labute approximate surface area is 217 Å². The van der Waals surface area contributed by atoms with Crippen molar-refractivity contribution in [1.29, 1.82) is 0 Å². The van der Waals surface area contributed by atoms with Crippen LogP contribution in [0.15, 0.2) is 84.9 Å². The molecule has 3 aromatic rings. The van der Waals surface area contributed by atoms with Gasteiger partial charge in [0.25, 0.3) is 0 Å². The van der Waals surface area contributed by atoms with Crippen LogP contribution in [-0.2, 0) is 4.74 Å². The lowest BCUT2D eigenvalue weighted by Crippen LogP contribution is -2.45. The van der Waals surface area contributed by atoms with Crippen LogP contribution in [0.1, 0.15) is 37.2 Å². The number of para-hydroxylation sites is 1. The maximum atomic E-state index is 12.7. The van der Waals surface area contributed by atoms with E-state index in [0.717, 1.165) is 18.6 Å². The number of amides is 2. The van der Waals surface area contributed by atoms with Crippen molar-refractivity contribution in [3.63, 3.8) is 0 Å². The highest BCUT2D eigenvalue weighted by Crippen LogP contribution is 2.29. The number of hydrogen-bond acceptors (Lipinski definition) is 5. The van der Waals surface area contributed by atoms with Gasteiger partial charge in [-0.05, 0) is 60.7 Å². The highest BCUT2D eigenvalue weighted by molar-refractivity contribution is 5.71. The molecule has 0 bridgehead atoms. The van der Waals surface area contributed by atoms with Gasteiger partial charge in [0.2, 0.25) is 0 Å². The Hall–Kier alpha value is -4.00. The Kier molecular flexibility index (Phi) is 7.89. The van der Waals surface area contributed by atoms with Crippen molar-refractivity contribution in [2.45, 2.75) is 37.7 Å². The molecule has 0 radical (unpaired) electrons. The molecule has 3 aromatic carbocycles. The van der Waals surface area contributed by atoms with Crippen LogP contribution in [0.25, 0.3) is 0 Å². The number of rotatable bonds is 5. The van der Waals surface area contributed by atoms with E-state index >= 15 is 0 Å². The van der Waals surface area contributed by atoms with E-state index in [1.54, 1.807) is 29.2 Å². The fourth-order valence-electron chi connectivity index (χ4n) is 4.86. The molecule has 0 N–H and O–H groups in total. The van der Waals surface area contributed by atoms with Gasteiger partial charge in [-0.2, -0.15) is 0 Å². The van der Waals surface area contributed by atoms with Gasteiger partial charge in [0.05, 0.1) is 0 Å². The zero-order chi connectivity index (χ0) is 25.5. The third-order valence-corrected chi connectivity index (χ3v) is 7.00. The van der Waals surface area contributed by atoms with Crippen molar-refractivity contribution < 1.29 is 23.8 Å². The van der Waals surface area contributed by atoms with Gasteiger partial charge in [-0.25, -0.2) is 9.59 Å². The quantitative estimate of drug-likeness (QED) is 0.402. The molecule has 0 unspecified atom stereocenters. The number of likely N-dealkylation sites (tertiary alicyclic amines) is 2. The van der Waals surface area contributed by atoms with Crippen LogP contribution in [0, 0.1) is 0 Å². The normalized spacial score (nSPS) is 16.8. The number of piperidine rings is 2. The molecule has 5 rings (SSSR count). The van der Waals surface area contributed by atoms with Gasteiger partial charge in [-0.1, -0.05) is 48.5 Å². The van der Waals surface area contributed by atoms with E-state index < -0.39 is 6.09 Å². The smallest absolute Gasteiger partial charge is 0.415 e. The molecule has 2 aliphatic rings. The predicted octanol–water partition coefficient (Wildman–Crippen LogP) is 6.46. The molecule has 2 amide bonds. The molecule has 2 saturated heterocycles. The fraction of sp³-hybridized carbons (Fsp3) is 0.333. The number of nitrogens with zero attached hydrogens (tertiary/aromatic N) is 2. The molecule has 2 heterocycles. The molecule has 0 atom stereocenters. The molecule has 0 spiro atoms. The van der Waals surface area contributed by atoms with Crippen molar-refractivity contribution in [3.05, 3.63) is 90.5 Å². The lowest BCUT2D eigenvalue weighted by atomic mass is 9.90. The van der Waals surface area contributed by atoms with Gasteiger partial charge in [-0.3, -0.25) is 0 Å². The monoisotopic (exact) mass is 500 g/mol. The summed E-state index contributed by atoms with van der Waals surface area (Å²) in [5.41, 5.74) is 1.34. The lowest BCUT2D eigenvalue weighted by molar-refractivity contribution is 0.0270. The SMILES string of the molecule is O=C(Oc1ccc(Oc2ccccc2)cc1)N1CCC(OC(=O)N2CCC(c3ccccc3)CC2)CC1. The maximum Gasteiger partial charge on any atom is 0.415 e. The second-order valence-electron chi connectivity index (χ2n) is 9.50. The summed E-state index contributed by atoms with van der Waals surface area (Å²) in [6.07, 6.45) is 2.27. The third kappa shape index (κ3) is 6.61. The fourth-order valence-corrected chi connectivity index (χ4v) is 4.86. The Bertz CT molecular complexity index is 1150. The topological polar surface area (TPSA) is 68.3 Å². The second-order valence-corrected chi connectivity index (χ2v) is 9.50. The van der Waals surface area contributed by atoms with E-state index in [1.807, 2.05) is 41.3 Å². The molecule has 0 aromatic heterocycles. The average Bonchev–Trinajstić information content (AvgIpc) is 2.95. The molecule has 0 saturated carbocycles. The Morgan fingerprint density at radius 1 is 0.595 bits per heavy atom. The number of carbonyl (C=O) groups excluding carboxylic acids is 2. The Balaban J connectivity index is 1.03. The summed E-state index contributed by atoms with van der Waals surface area (Å²) in [5.74, 6) is 2.36. The summed E-state index contributed by atoms with van der Waals surface area (Å²) in [5, 5.41) is 0. The summed E-state index contributed by atoms with van der Waals surface area (Å²) < 4.78 is 17.1. The average molecular weight is 501 g/mol. The number of benzene rings is 3. The van der Waals surface area contributed by atoms with Crippen molar-refractivity contribution in [2.75, 3.05) is 26.2 Å². The minimum atomic E-state index is -0.399. The Morgan fingerprint density at radius 2 is 1.11 bits per heavy atom. The number of ether oxygens (including phenoxy) is 3. The van der Waals surface area contributed by atoms with E-state index in [2.05, 4.69) is 24.3 Å². The summed E-state index contributed by atoms with van der Waals surface area (Å²) in [6.45, 7) is 2.39. The van der Waals surface area contributed by atoms with E-state index in [4.69, 9.17) is 14.2 Å². The molecule has 2 fully saturated rings. The predicted molar refractivity (Wildman–Crippen MR) is 140 cm³/mol. The van der Waals surface area contributed by atoms with Crippen LogP contribution in [0.4, 0.5) is 9.59 Å². The standard InChI is InChI=1S/C30H32N2O5/c33-29(31-19-15-24(16-20-31)23-7-3-1-4-8-23)37-28-17-21-32(22-18-28)30(34)36-27-13-11-26(12-14-27)35-25-9-5-2-6-10-25/h1-14,24,28H,15-22H2. The first-order chi connectivity index (χ1) is 18.1. The highest BCUT2D eigenvalue weighted by atomic mass is 16.6. The first-order valence-corrected chi connectivity index (χ1v) is 12.9. The first-order valence-electron chi connectivity index (χ1n) is 12.9. The van der Waals surface area contributed by atoms with Crippen molar-refractivity contribution in [2.24, 2.45) is 0 Å². The van der Waals surface area contributed by atoms with E-state index in [-0.39, 0.29) is 12.2 Å². The molecule has 0 aliphatic carbocycles. The summed E-state index contributed by atoms with van der Waals surface area (Å²) in [7, 11) is 0. The van der Waals surface area contributed by atoms with Gasteiger partial charge >= 0.3 is 12.2 Å². The van der Waals surface area contributed by atoms with Crippen LogP contribution in [-0.4, -0.2) is 54.3 Å². The van der Waals surface area contributed by atoms with Crippen LogP contribution < -0.4 is 9.47 Å². The van der Waals surface area contributed by atoms with Crippen molar-refractivity contribution in [1.82, 2.24) is 9.80 Å². The molecule has 7 nitrogen and oxygen atoms in total. The third-order valence-electron chi connectivity index (χ3n) is 7.00. The van der Waals surface area contributed by atoms with Crippen LogP contribution in [0.2, 0.25) is 0 Å². The largest absolute Gasteiger partial charge is 0.457 e. The van der Waals surface area contributed by atoms with Crippen LogP contribution in [0.5, 0.6) is 17.2 Å². The summed E-state index contributed by atoms with van der Waals surface area (Å²) in [6, 6.07) is 26.9. The summed E-state index contributed by atoms with van der Waals surface area (Å²) in [4.78, 5) is 28.8. The van der Waals surface area contributed by atoms with E-state index in [9.17, 15) is 9.59 Å². The molecule has 192 valence electrons. The number of hydrogen-bond donors (Lipinski definition) is 0. The number of carbonyl (C=O) groups is 2. The summed E-state index contributed by atoms with van der Waals surface area (Å²) >= 11 is 0. The lowest BCUT2D eigenvalue weighted by Gasteiger charge is -2.35. The molecule has 7 heteroatoms. The Morgan fingerprint density at radius 3 is 1.76 bits per heavy atom. The minimum absolute atomic E-state index is 0.183. The molecule has 2 aliphatic heterocycles. The minimum Gasteiger partial charge on any atom is -0.457 e. The van der Waals surface area contributed by atoms with Gasteiger partial charge < -0.3 is 24.0 Å². The van der Waals surface area contributed by atoms with Gasteiger partial charge in [0.15, 0.2) is 0 Å². The second kappa shape index (κ2) is 11.8. The molecular formula is C30H32N2O5. The zero-order valence-corrected chi connectivity index (χ0v) is 20.8. The van der Waals surface area contributed by atoms with Crippen molar-refractivity contribution >= 4 is 12.2 Å². The van der Waals surface area contributed by atoms with E-state index in [1.165, 1.54) is 5.56 Å². The molecular weight excluding hydrogens is 468 g/mol. The van der Waals surface area contributed by atoms with Gasteiger partial charge in [-0.15, -0.1) is 0 Å². The van der Waals surface area contributed by atoms with Crippen LogP contribution in [0.3, 0.4) is 0 Å². The van der Waals surface area contributed by atoms with Gasteiger partial charge in [0, 0.05) is 39.0 Å². The van der Waals surface area contributed by atoms with Gasteiger partial charge in [0.1, 0.15) is 23.4 Å². The van der Waals surface area contributed by atoms with Crippen LogP contribution >= 0.6 is 0 Å². The zero-order valence-electron chi connectivity index (χ0n) is 20.8. The van der Waals surface area contributed by atoms with E-state index in [0.29, 0.717) is 56.4 Å². The maximum absolute atomic E-state index is 12.7. The first kappa shape index (κ1) is 24.7. The highest BCUT2D eigenvalue weighted by Gasteiger charge is 2.30. The van der Waals surface area contributed by atoms with Crippen molar-refractivity contribution in [3.8, 4) is 17.2 Å². The molecule has 37 heavy (non-hydrogen) atoms.